The molecule has 25 heavy (non-hydrogen) atoms. The fourth-order valence-electron chi connectivity index (χ4n) is 2.31. The van der Waals surface area contributed by atoms with Gasteiger partial charge < -0.3 is 15.0 Å². The van der Waals surface area contributed by atoms with E-state index in [4.69, 9.17) is 4.74 Å². The molecule has 0 aromatic heterocycles. The highest BCUT2D eigenvalue weighted by Crippen LogP contribution is 2.31. The van der Waals surface area contributed by atoms with Crippen LogP contribution >= 0.6 is 0 Å². The number of nitro benzene ring substituents is 1. The first-order valence-corrected chi connectivity index (χ1v) is 8.07. The van der Waals surface area contributed by atoms with E-state index in [0.29, 0.717) is 5.69 Å². The Bertz CT molecular complexity index is 685. The van der Waals surface area contributed by atoms with Gasteiger partial charge >= 0.3 is 5.97 Å². The monoisotopic (exact) mass is 347 g/mol. The lowest BCUT2D eigenvalue weighted by Gasteiger charge is -2.20. The Morgan fingerprint density at radius 1 is 1.48 bits per heavy atom. The number of carbonyl (C=O) groups excluding carboxylic acids is 2. The third-order valence-corrected chi connectivity index (χ3v) is 3.64. The third-order valence-electron chi connectivity index (χ3n) is 3.64. The van der Waals surface area contributed by atoms with Gasteiger partial charge in [-0.1, -0.05) is 6.08 Å². The van der Waals surface area contributed by atoms with Gasteiger partial charge in [-0.05, 0) is 31.9 Å². The van der Waals surface area contributed by atoms with Crippen LogP contribution in [0.1, 0.15) is 30.1 Å². The third kappa shape index (κ3) is 5.03. The van der Waals surface area contributed by atoms with Gasteiger partial charge in [0.2, 0.25) is 0 Å². The Hall–Kier alpha value is -2.90. The predicted molar refractivity (Wildman–Crippen MR) is 92.5 cm³/mol. The SMILES string of the molecule is C=CCN(CC(=O)OCC)C(=O)c1ccc(NC2CC2)c([N+](=O)[O-])c1. The Balaban J connectivity index is 2.22. The van der Waals surface area contributed by atoms with Gasteiger partial charge in [0.15, 0.2) is 0 Å². The maximum atomic E-state index is 12.6. The zero-order valence-corrected chi connectivity index (χ0v) is 14.1. The molecule has 0 bridgehead atoms. The molecule has 0 atom stereocenters. The molecule has 0 radical (unpaired) electrons. The number of carbonyl (C=O) groups is 2. The highest BCUT2D eigenvalue weighted by Gasteiger charge is 2.26. The second-order valence-electron chi connectivity index (χ2n) is 5.69. The summed E-state index contributed by atoms with van der Waals surface area (Å²) in [4.78, 5) is 36.3. The number of amides is 1. The fraction of sp³-hybridized carbons (Fsp3) is 0.412. The van der Waals surface area contributed by atoms with Gasteiger partial charge in [0.05, 0.1) is 11.5 Å². The van der Waals surface area contributed by atoms with E-state index < -0.39 is 16.8 Å². The molecule has 1 aromatic rings. The van der Waals surface area contributed by atoms with E-state index >= 15 is 0 Å². The van der Waals surface area contributed by atoms with E-state index in [-0.39, 0.29) is 37.0 Å². The first-order valence-electron chi connectivity index (χ1n) is 8.07. The Morgan fingerprint density at radius 3 is 2.76 bits per heavy atom. The lowest BCUT2D eigenvalue weighted by atomic mass is 10.1. The number of benzene rings is 1. The second-order valence-corrected chi connectivity index (χ2v) is 5.69. The Kier molecular flexibility index (Phi) is 6.10. The maximum Gasteiger partial charge on any atom is 0.325 e. The van der Waals surface area contributed by atoms with Crippen LogP contribution in [0.25, 0.3) is 0 Å². The van der Waals surface area contributed by atoms with E-state index in [0.717, 1.165) is 12.8 Å². The molecule has 0 saturated heterocycles. The Morgan fingerprint density at radius 2 is 2.20 bits per heavy atom. The van der Waals surface area contributed by atoms with E-state index in [9.17, 15) is 19.7 Å². The van der Waals surface area contributed by atoms with Gasteiger partial charge in [0.25, 0.3) is 11.6 Å². The minimum Gasteiger partial charge on any atom is -0.465 e. The van der Waals surface area contributed by atoms with Crippen LogP contribution in [0, 0.1) is 10.1 Å². The van der Waals surface area contributed by atoms with Crippen molar-refractivity contribution in [1.82, 2.24) is 4.90 Å². The van der Waals surface area contributed by atoms with E-state index in [1.807, 2.05) is 0 Å². The molecule has 8 nitrogen and oxygen atoms in total. The van der Waals surface area contributed by atoms with Crippen molar-refractivity contribution in [3.8, 4) is 0 Å². The van der Waals surface area contributed by atoms with Crippen molar-refractivity contribution in [2.75, 3.05) is 25.0 Å². The van der Waals surface area contributed by atoms with Crippen LogP contribution in [0.5, 0.6) is 0 Å². The molecule has 1 N–H and O–H groups in total. The summed E-state index contributed by atoms with van der Waals surface area (Å²) in [6.45, 7) is 5.34. The molecule has 0 spiro atoms. The van der Waals surface area contributed by atoms with Crippen molar-refractivity contribution in [1.29, 1.82) is 0 Å². The number of nitro groups is 1. The molecule has 0 aliphatic heterocycles. The van der Waals surface area contributed by atoms with Crippen molar-refractivity contribution in [2.45, 2.75) is 25.8 Å². The van der Waals surface area contributed by atoms with Crippen LogP contribution in [0.2, 0.25) is 0 Å². The maximum absolute atomic E-state index is 12.6. The quantitative estimate of drug-likeness (QED) is 0.318. The molecule has 1 amide bonds. The minimum absolute atomic E-state index is 0.132. The van der Waals surface area contributed by atoms with E-state index in [2.05, 4.69) is 11.9 Å². The zero-order chi connectivity index (χ0) is 18.4. The average Bonchev–Trinajstić information content (AvgIpc) is 3.38. The van der Waals surface area contributed by atoms with Crippen LogP contribution in [0.3, 0.4) is 0 Å². The lowest BCUT2D eigenvalue weighted by molar-refractivity contribution is -0.384. The fourth-order valence-corrected chi connectivity index (χ4v) is 2.31. The molecule has 134 valence electrons. The van der Waals surface area contributed by atoms with Gasteiger partial charge in [-0.2, -0.15) is 0 Å². The number of nitrogens with zero attached hydrogens (tertiary/aromatic N) is 2. The largest absolute Gasteiger partial charge is 0.465 e. The predicted octanol–water partition coefficient (Wildman–Crippen LogP) is 2.36. The molecule has 0 unspecified atom stereocenters. The summed E-state index contributed by atoms with van der Waals surface area (Å²) < 4.78 is 4.85. The summed E-state index contributed by atoms with van der Waals surface area (Å²) in [5.41, 5.74) is 0.372. The average molecular weight is 347 g/mol. The molecular weight excluding hydrogens is 326 g/mol. The molecule has 1 saturated carbocycles. The standard InChI is InChI=1S/C17H21N3O5/c1-3-9-19(11-16(21)25-4-2)17(22)12-5-8-14(18-13-6-7-13)15(10-12)20(23)24/h3,5,8,10,13,18H,1,4,6-7,9,11H2,2H3. The van der Waals surface area contributed by atoms with E-state index in [1.165, 1.54) is 29.2 Å². The first-order chi connectivity index (χ1) is 12.0. The van der Waals surface area contributed by atoms with Crippen LogP contribution in [0.15, 0.2) is 30.9 Å². The summed E-state index contributed by atoms with van der Waals surface area (Å²) in [5, 5.41) is 14.4. The van der Waals surface area contributed by atoms with Crippen molar-refractivity contribution >= 4 is 23.3 Å². The highest BCUT2D eigenvalue weighted by molar-refractivity contribution is 5.97. The molecule has 1 aromatic carbocycles. The van der Waals surface area contributed by atoms with E-state index in [1.54, 1.807) is 6.92 Å². The van der Waals surface area contributed by atoms with Crippen LogP contribution in [-0.2, 0) is 9.53 Å². The Labute approximate surface area is 145 Å². The summed E-state index contributed by atoms with van der Waals surface area (Å²) in [6, 6.07) is 4.52. The number of ether oxygens (including phenoxy) is 1. The number of nitrogens with one attached hydrogen (secondary N) is 1. The molecule has 8 heteroatoms. The van der Waals surface area contributed by atoms with Crippen LogP contribution in [-0.4, -0.2) is 47.4 Å². The topological polar surface area (TPSA) is 102 Å². The normalized spacial score (nSPS) is 13.0. The highest BCUT2D eigenvalue weighted by atomic mass is 16.6. The summed E-state index contributed by atoms with van der Waals surface area (Å²) in [5.74, 6) is -1.03. The number of rotatable bonds is 9. The number of anilines is 1. The molecule has 1 aliphatic carbocycles. The van der Waals surface area contributed by atoms with Crippen molar-refractivity contribution in [3.63, 3.8) is 0 Å². The molecule has 0 heterocycles. The van der Waals surface area contributed by atoms with Crippen molar-refractivity contribution in [2.24, 2.45) is 0 Å². The zero-order valence-electron chi connectivity index (χ0n) is 14.1. The number of esters is 1. The van der Waals surface area contributed by atoms with Crippen LogP contribution < -0.4 is 5.32 Å². The lowest BCUT2D eigenvalue weighted by Crippen LogP contribution is -2.36. The van der Waals surface area contributed by atoms with Crippen molar-refractivity contribution < 1.29 is 19.2 Å². The van der Waals surface area contributed by atoms with Gasteiger partial charge in [-0.3, -0.25) is 19.7 Å². The smallest absolute Gasteiger partial charge is 0.325 e. The second kappa shape index (κ2) is 8.27. The molecule has 2 rings (SSSR count). The van der Waals surface area contributed by atoms with Gasteiger partial charge in [0, 0.05) is 24.2 Å². The molecule has 1 fully saturated rings. The number of hydrogen-bond donors (Lipinski definition) is 1. The van der Waals surface area contributed by atoms with Gasteiger partial charge in [-0.15, -0.1) is 6.58 Å². The van der Waals surface area contributed by atoms with Crippen molar-refractivity contribution in [3.05, 3.63) is 46.5 Å². The summed E-state index contributed by atoms with van der Waals surface area (Å²) >= 11 is 0. The van der Waals surface area contributed by atoms with Crippen LogP contribution in [0.4, 0.5) is 11.4 Å². The number of hydrogen-bond acceptors (Lipinski definition) is 6. The molecular formula is C17H21N3O5. The van der Waals surface area contributed by atoms with Gasteiger partial charge in [0.1, 0.15) is 12.2 Å². The summed E-state index contributed by atoms with van der Waals surface area (Å²) in [7, 11) is 0. The first kappa shape index (κ1) is 18.4. The van der Waals surface area contributed by atoms with Gasteiger partial charge in [-0.25, -0.2) is 0 Å². The minimum atomic E-state index is -0.542. The summed E-state index contributed by atoms with van der Waals surface area (Å²) in [6.07, 6.45) is 3.43. The molecule has 1 aliphatic rings.